The number of ketones is 1. The average Bonchev–Trinajstić information content (AvgIpc) is 2.98. The fourth-order valence-corrected chi connectivity index (χ4v) is 3.79. The van der Waals surface area contributed by atoms with Crippen molar-refractivity contribution in [3.63, 3.8) is 0 Å². The number of halogens is 1. The molecule has 1 saturated heterocycles. The molecule has 0 aliphatic carbocycles. The highest BCUT2D eigenvalue weighted by atomic mass is 35.5. The molecule has 1 aliphatic rings. The highest BCUT2D eigenvalue weighted by molar-refractivity contribution is 6.30. The van der Waals surface area contributed by atoms with Gasteiger partial charge in [0.25, 0.3) is 5.91 Å². The van der Waals surface area contributed by atoms with E-state index in [0.29, 0.717) is 30.8 Å². The van der Waals surface area contributed by atoms with Gasteiger partial charge < -0.3 is 14.8 Å². The van der Waals surface area contributed by atoms with Crippen molar-refractivity contribution >= 4 is 29.0 Å². The molecule has 0 saturated carbocycles. The monoisotopic (exact) mass is 373 g/mol. The van der Waals surface area contributed by atoms with Crippen molar-refractivity contribution in [3.8, 4) is 0 Å². The van der Waals surface area contributed by atoms with Crippen LogP contribution < -0.4 is 4.90 Å². The van der Waals surface area contributed by atoms with Crippen molar-refractivity contribution in [2.45, 2.75) is 27.2 Å². The van der Waals surface area contributed by atoms with Crippen LogP contribution in [0.3, 0.4) is 0 Å². The molecule has 6 heteroatoms. The number of rotatable bonds is 4. The van der Waals surface area contributed by atoms with Crippen LogP contribution in [0.2, 0.25) is 5.02 Å². The Morgan fingerprint density at radius 1 is 1.12 bits per heavy atom. The topological polar surface area (TPSA) is 56.4 Å². The highest BCUT2D eigenvalue weighted by Gasteiger charge is 2.27. The highest BCUT2D eigenvalue weighted by Crippen LogP contribution is 2.23. The SMILES string of the molecule is CCc1c(C(=O)N2CCN(c3ccc(Cl)cc3)CC2)[nH]c(C)c1C(C)=O. The second kappa shape index (κ2) is 7.54. The van der Waals surface area contributed by atoms with E-state index < -0.39 is 0 Å². The van der Waals surface area contributed by atoms with E-state index in [0.717, 1.165) is 35.1 Å². The zero-order chi connectivity index (χ0) is 18.8. The Balaban J connectivity index is 1.74. The minimum Gasteiger partial charge on any atom is -0.368 e. The molecule has 0 atom stereocenters. The Morgan fingerprint density at radius 3 is 2.27 bits per heavy atom. The maximum absolute atomic E-state index is 13.0. The lowest BCUT2D eigenvalue weighted by molar-refractivity contribution is 0.0740. The average molecular weight is 374 g/mol. The lowest BCUT2D eigenvalue weighted by Crippen LogP contribution is -2.49. The molecule has 1 amide bonds. The number of hydrogen-bond donors (Lipinski definition) is 1. The van der Waals surface area contributed by atoms with Gasteiger partial charge in [-0.1, -0.05) is 18.5 Å². The normalized spacial score (nSPS) is 14.6. The minimum absolute atomic E-state index is 0.00204. The van der Waals surface area contributed by atoms with Crippen LogP contribution in [0.15, 0.2) is 24.3 Å². The van der Waals surface area contributed by atoms with E-state index in [4.69, 9.17) is 11.6 Å². The number of anilines is 1. The van der Waals surface area contributed by atoms with Crippen molar-refractivity contribution < 1.29 is 9.59 Å². The smallest absolute Gasteiger partial charge is 0.270 e. The van der Waals surface area contributed by atoms with E-state index in [1.165, 1.54) is 0 Å². The summed E-state index contributed by atoms with van der Waals surface area (Å²) in [5.41, 5.74) is 3.95. The first-order valence-electron chi connectivity index (χ1n) is 8.94. The van der Waals surface area contributed by atoms with Gasteiger partial charge in [-0.15, -0.1) is 0 Å². The molecule has 1 aromatic heterocycles. The molecule has 3 rings (SSSR count). The maximum Gasteiger partial charge on any atom is 0.270 e. The molecule has 0 radical (unpaired) electrons. The van der Waals surface area contributed by atoms with E-state index in [-0.39, 0.29) is 11.7 Å². The summed E-state index contributed by atoms with van der Waals surface area (Å²) in [5, 5.41) is 0.720. The third-order valence-electron chi connectivity index (χ3n) is 4.97. The van der Waals surface area contributed by atoms with Crippen molar-refractivity contribution in [2.75, 3.05) is 31.1 Å². The minimum atomic E-state index is -0.0202. The van der Waals surface area contributed by atoms with Crippen LogP contribution in [0.5, 0.6) is 0 Å². The largest absolute Gasteiger partial charge is 0.368 e. The summed E-state index contributed by atoms with van der Waals surface area (Å²) in [5.74, 6) is -0.0181. The maximum atomic E-state index is 13.0. The van der Waals surface area contributed by atoms with Gasteiger partial charge in [0.1, 0.15) is 5.69 Å². The van der Waals surface area contributed by atoms with Crippen LogP contribution in [0.1, 0.15) is 46.0 Å². The number of nitrogens with one attached hydrogen (secondary N) is 1. The number of carbonyl (C=O) groups excluding carboxylic acids is 2. The molecule has 0 spiro atoms. The molecule has 5 nitrogen and oxygen atoms in total. The van der Waals surface area contributed by atoms with Crippen LogP contribution in [-0.2, 0) is 6.42 Å². The Labute approximate surface area is 158 Å². The van der Waals surface area contributed by atoms with Gasteiger partial charge in [0.05, 0.1) is 0 Å². The number of aromatic nitrogens is 1. The van der Waals surface area contributed by atoms with Crippen molar-refractivity contribution in [1.82, 2.24) is 9.88 Å². The van der Waals surface area contributed by atoms with Crippen LogP contribution >= 0.6 is 11.6 Å². The second-order valence-electron chi connectivity index (χ2n) is 6.64. The summed E-state index contributed by atoms with van der Waals surface area (Å²) < 4.78 is 0. The Bertz CT molecular complexity index is 818. The van der Waals surface area contributed by atoms with Gasteiger partial charge in [0, 0.05) is 48.1 Å². The van der Waals surface area contributed by atoms with Crippen molar-refractivity contribution in [1.29, 1.82) is 0 Å². The molecule has 1 N–H and O–H groups in total. The van der Waals surface area contributed by atoms with E-state index in [2.05, 4.69) is 9.88 Å². The third kappa shape index (κ3) is 3.49. The number of aryl methyl sites for hydroxylation is 1. The van der Waals surface area contributed by atoms with E-state index >= 15 is 0 Å². The van der Waals surface area contributed by atoms with Gasteiger partial charge >= 0.3 is 0 Å². The Morgan fingerprint density at radius 2 is 1.73 bits per heavy atom. The molecular weight excluding hydrogens is 350 g/mol. The number of Topliss-reactive ketones (excluding diaryl/α,β-unsaturated/α-hetero) is 1. The molecule has 138 valence electrons. The van der Waals surface area contributed by atoms with Crippen LogP contribution in [0.4, 0.5) is 5.69 Å². The fraction of sp³-hybridized carbons (Fsp3) is 0.400. The van der Waals surface area contributed by atoms with Gasteiger partial charge in [0.15, 0.2) is 5.78 Å². The number of amides is 1. The number of aromatic amines is 1. The first kappa shape index (κ1) is 18.5. The number of piperazine rings is 1. The summed E-state index contributed by atoms with van der Waals surface area (Å²) in [6.45, 7) is 8.22. The number of benzene rings is 1. The van der Waals surface area contributed by atoms with Gasteiger partial charge in [-0.05, 0) is 50.1 Å². The Kier molecular flexibility index (Phi) is 5.37. The van der Waals surface area contributed by atoms with Gasteiger partial charge in [-0.3, -0.25) is 9.59 Å². The van der Waals surface area contributed by atoms with Crippen LogP contribution in [-0.4, -0.2) is 47.8 Å². The molecular formula is C20H24ClN3O2. The second-order valence-corrected chi connectivity index (χ2v) is 7.08. The lowest BCUT2D eigenvalue weighted by atomic mass is 10.0. The standard InChI is InChI=1S/C20H24ClN3O2/c1-4-17-18(14(3)25)13(2)22-19(17)20(26)24-11-9-23(10-12-24)16-7-5-15(21)6-8-16/h5-8,22H,4,9-12H2,1-3H3. The van der Waals surface area contributed by atoms with Gasteiger partial charge in [-0.2, -0.15) is 0 Å². The van der Waals surface area contributed by atoms with E-state index in [1.54, 1.807) is 6.92 Å². The number of hydrogen-bond acceptors (Lipinski definition) is 3. The predicted octanol–water partition coefficient (Wildman–Crippen LogP) is 3.70. The summed E-state index contributed by atoms with van der Waals surface area (Å²) >= 11 is 5.95. The first-order valence-corrected chi connectivity index (χ1v) is 9.32. The molecule has 2 aromatic rings. The van der Waals surface area contributed by atoms with Gasteiger partial charge in [-0.25, -0.2) is 0 Å². The third-order valence-corrected chi connectivity index (χ3v) is 5.22. The van der Waals surface area contributed by atoms with Crippen LogP contribution in [0, 0.1) is 6.92 Å². The fourth-order valence-electron chi connectivity index (χ4n) is 3.67. The molecule has 26 heavy (non-hydrogen) atoms. The zero-order valence-electron chi connectivity index (χ0n) is 15.4. The molecule has 2 heterocycles. The van der Waals surface area contributed by atoms with Crippen molar-refractivity contribution in [2.24, 2.45) is 0 Å². The molecule has 0 bridgehead atoms. The summed E-state index contributed by atoms with van der Waals surface area (Å²) in [6.07, 6.45) is 0.658. The zero-order valence-corrected chi connectivity index (χ0v) is 16.2. The molecule has 1 aromatic carbocycles. The predicted molar refractivity (Wildman–Crippen MR) is 104 cm³/mol. The number of carbonyl (C=O) groups is 2. The van der Waals surface area contributed by atoms with E-state index in [1.807, 2.05) is 43.0 Å². The summed E-state index contributed by atoms with van der Waals surface area (Å²) in [7, 11) is 0. The first-order chi connectivity index (χ1) is 12.4. The van der Waals surface area contributed by atoms with Crippen molar-refractivity contribution in [3.05, 3.63) is 51.8 Å². The molecule has 0 unspecified atom stereocenters. The summed E-state index contributed by atoms with van der Waals surface area (Å²) in [6, 6.07) is 7.77. The quantitative estimate of drug-likeness (QED) is 0.831. The van der Waals surface area contributed by atoms with E-state index in [9.17, 15) is 9.59 Å². The lowest BCUT2D eigenvalue weighted by Gasteiger charge is -2.36. The molecule has 1 aliphatic heterocycles. The van der Waals surface area contributed by atoms with Crippen LogP contribution in [0.25, 0.3) is 0 Å². The number of nitrogens with zero attached hydrogens (tertiary/aromatic N) is 2. The summed E-state index contributed by atoms with van der Waals surface area (Å²) in [4.78, 5) is 32.2. The Hall–Kier alpha value is -2.27. The molecule has 1 fully saturated rings. The number of H-pyrrole nitrogens is 1. The van der Waals surface area contributed by atoms with Gasteiger partial charge in [0.2, 0.25) is 0 Å².